The third-order valence-corrected chi connectivity index (χ3v) is 5.36. The predicted octanol–water partition coefficient (Wildman–Crippen LogP) is 2.37. The first-order valence-corrected chi connectivity index (χ1v) is 9.87. The summed E-state index contributed by atoms with van der Waals surface area (Å²) in [6, 6.07) is 5.30. The van der Waals surface area contributed by atoms with Crippen LogP contribution in [0.15, 0.2) is 36.2 Å². The quantitative estimate of drug-likeness (QED) is 0.705. The third-order valence-electron chi connectivity index (χ3n) is 3.16. The van der Waals surface area contributed by atoms with E-state index in [2.05, 4.69) is 16.9 Å². The number of methoxy groups -OCH3 is 2. The molecule has 0 bridgehead atoms. The molecule has 0 spiro atoms. The van der Waals surface area contributed by atoms with E-state index in [1.807, 2.05) is 0 Å². The Morgan fingerprint density at radius 3 is 2.76 bits per heavy atom. The first-order valence-electron chi connectivity index (χ1n) is 7.17. The van der Waals surface area contributed by atoms with Crippen molar-refractivity contribution in [3.05, 3.63) is 36.2 Å². The lowest BCUT2D eigenvalue weighted by Gasteiger charge is -2.08. The van der Waals surface area contributed by atoms with Gasteiger partial charge in [-0.2, -0.15) is 0 Å². The molecular weight excluding hydrogens is 364 g/mol. The molecule has 7 nitrogen and oxygen atoms in total. The summed E-state index contributed by atoms with van der Waals surface area (Å²) in [7, 11) is -0.402. The van der Waals surface area contributed by atoms with Crippen molar-refractivity contribution in [3.63, 3.8) is 0 Å². The number of carbonyl (C=O) groups excluding carboxylic acids is 1. The molecule has 0 aliphatic carbocycles. The van der Waals surface area contributed by atoms with Gasteiger partial charge in [0, 0.05) is 10.9 Å². The van der Waals surface area contributed by atoms with Gasteiger partial charge in [0.15, 0.2) is 15.0 Å². The molecule has 0 fully saturated rings. The van der Waals surface area contributed by atoms with Crippen LogP contribution in [0.5, 0.6) is 11.5 Å². The van der Waals surface area contributed by atoms with Gasteiger partial charge in [-0.05, 0) is 18.2 Å². The highest BCUT2D eigenvalue weighted by Gasteiger charge is 2.17. The maximum atomic E-state index is 11.9. The number of anilines is 1. The monoisotopic (exact) mass is 382 g/mol. The number of nitrogens with one attached hydrogen (secondary N) is 1. The van der Waals surface area contributed by atoms with Gasteiger partial charge in [0.25, 0.3) is 0 Å². The Morgan fingerprint density at radius 2 is 2.12 bits per heavy atom. The van der Waals surface area contributed by atoms with Gasteiger partial charge >= 0.3 is 0 Å². The van der Waals surface area contributed by atoms with Crippen LogP contribution in [-0.4, -0.2) is 45.0 Å². The number of hydrogen-bond donors (Lipinski definition) is 1. The first kappa shape index (κ1) is 18.9. The van der Waals surface area contributed by atoms with Gasteiger partial charge in [0.05, 0.1) is 25.7 Å². The molecule has 0 saturated carbocycles. The van der Waals surface area contributed by atoms with E-state index in [0.717, 1.165) is 0 Å². The van der Waals surface area contributed by atoms with Crippen LogP contribution in [0.25, 0.3) is 11.3 Å². The Bertz CT molecular complexity index is 874. The maximum Gasteiger partial charge on any atom is 0.241 e. The molecule has 1 N–H and O–H groups in total. The molecule has 0 aliphatic rings. The number of carbonyl (C=O) groups is 1. The number of ether oxygens (including phenoxy) is 2. The Hall–Kier alpha value is -2.39. The zero-order valence-electron chi connectivity index (χ0n) is 13.8. The minimum Gasteiger partial charge on any atom is -0.497 e. The predicted molar refractivity (Wildman–Crippen MR) is 98.1 cm³/mol. The average Bonchev–Trinajstić information content (AvgIpc) is 3.01. The number of rotatable bonds is 8. The fraction of sp³-hybridized carbons (Fsp3) is 0.250. The lowest BCUT2D eigenvalue weighted by molar-refractivity contribution is -0.113. The number of hydrogen-bond acceptors (Lipinski definition) is 7. The van der Waals surface area contributed by atoms with Crippen LogP contribution in [0.2, 0.25) is 0 Å². The number of benzene rings is 1. The number of nitrogens with zero attached hydrogens (tertiary/aromatic N) is 1. The minimum atomic E-state index is -3.51. The molecule has 1 heterocycles. The standard InChI is InChI=1S/C16H18N2O5S2/c1-4-7-25(20,21)10-15(19)18-16-17-13(9-24-16)12-8-11(22-2)5-6-14(12)23-3/h4-6,8-9H,1,7,10H2,2-3H3,(H,17,18,19). The van der Waals surface area contributed by atoms with Gasteiger partial charge in [-0.25, -0.2) is 13.4 Å². The van der Waals surface area contributed by atoms with Crippen LogP contribution in [0.1, 0.15) is 0 Å². The van der Waals surface area contributed by atoms with E-state index >= 15 is 0 Å². The first-order chi connectivity index (χ1) is 11.9. The largest absolute Gasteiger partial charge is 0.497 e. The molecule has 0 aliphatic heterocycles. The third kappa shape index (κ3) is 5.04. The molecule has 25 heavy (non-hydrogen) atoms. The molecule has 1 amide bonds. The lowest BCUT2D eigenvalue weighted by Crippen LogP contribution is -2.24. The molecule has 0 unspecified atom stereocenters. The lowest BCUT2D eigenvalue weighted by atomic mass is 10.1. The van der Waals surface area contributed by atoms with Gasteiger partial charge < -0.3 is 14.8 Å². The maximum absolute atomic E-state index is 11.9. The molecule has 9 heteroatoms. The van der Waals surface area contributed by atoms with E-state index in [-0.39, 0.29) is 5.75 Å². The summed E-state index contributed by atoms with van der Waals surface area (Å²) in [6.07, 6.45) is 1.25. The summed E-state index contributed by atoms with van der Waals surface area (Å²) in [4.78, 5) is 16.2. The van der Waals surface area contributed by atoms with Crippen molar-refractivity contribution >= 4 is 32.2 Å². The zero-order chi connectivity index (χ0) is 18.4. The van der Waals surface area contributed by atoms with Gasteiger partial charge in [-0.1, -0.05) is 6.08 Å². The van der Waals surface area contributed by atoms with Crippen molar-refractivity contribution in [1.29, 1.82) is 0 Å². The van der Waals surface area contributed by atoms with Crippen LogP contribution >= 0.6 is 11.3 Å². The smallest absolute Gasteiger partial charge is 0.241 e. The highest BCUT2D eigenvalue weighted by atomic mass is 32.2. The Labute approximate surface area is 150 Å². The summed E-state index contributed by atoms with van der Waals surface area (Å²) < 4.78 is 33.8. The molecule has 0 radical (unpaired) electrons. The van der Waals surface area contributed by atoms with E-state index in [9.17, 15) is 13.2 Å². The SMILES string of the molecule is C=CCS(=O)(=O)CC(=O)Nc1nc(-c2cc(OC)ccc2OC)cs1. The van der Waals surface area contributed by atoms with Crippen LogP contribution in [0.4, 0.5) is 5.13 Å². The van der Waals surface area contributed by atoms with Crippen molar-refractivity contribution in [2.75, 3.05) is 31.0 Å². The van der Waals surface area contributed by atoms with Crippen molar-refractivity contribution in [3.8, 4) is 22.8 Å². The second-order valence-corrected chi connectivity index (χ2v) is 7.96. The summed E-state index contributed by atoms with van der Waals surface area (Å²) in [5.41, 5.74) is 1.29. The van der Waals surface area contributed by atoms with E-state index in [1.54, 1.807) is 37.8 Å². The summed E-state index contributed by atoms with van der Waals surface area (Å²) in [5.74, 6) is -0.246. The second-order valence-electron chi connectivity index (χ2n) is 5.00. The summed E-state index contributed by atoms with van der Waals surface area (Å²) in [6.45, 7) is 3.36. The fourth-order valence-corrected chi connectivity index (χ4v) is 3.74. The van der Waals surface area contributed by atoms with Crippen LogP contribution in [-0.2, 0) is 14.6 Å². The highest BCUT2D eigenvalue weighted by Crippen LogP contribution is 2.34. The van der Waals surface area contributed by atoms with Gasteiger partial charge in [0.2, 0.25) is 5.91 Å². The number of aromatic nitrogens is 1. The van der Waals surface area contributed by atoms with Crippen molar-refractivity contribution < 1.29 is 22.7 Å². The van der Waals surface area contributed by atoms with Crippen molar-refractivity contribution in [2.45, 2.75) is 0 Å². The molecular formula is C16H18N2O5S2. The van der Waals surface area contributed by atoms with E-state index in [4.69, 9.17) is 9.47 Å². The van der Waals surface area contributed by atoms with E-state index in [1.165, 1.54) is 17.4 Å². The number of amides is 1. The van der Waals surface area contributed by atoms with E-state index in [0.29, 0.717) is 27.9 Å². The molecule has 0 saturated heterocycles. The molecule has 2 aromatic rings. The second kappa shape index (κ2) is 8.13. The molecule has 1 aromatic carbocycles. The zero-order valence-corrected chi connectivity index (χ0v) is 15.4. The molecule has 0 atom stereocenters. The van der Waals surface area contributed by atoms with Crippen LogP contribution in [0.3, 0.4) is 0 Å². The molecule has 1 aromatic heterocycles. The van der Waals surface area contributed by atoms with Gasteiger partial charge in [-0.3, -0.25) is 4.79 Å². The van der Waals surface area contributed by atoms with E-state index < -0.39 is 21.5 Å². The topological polar surface area (TPSA) is 94.6 Å². The Balaban J connectivity index is 2.18. The average molecular weight is 382 g/mol. The van der Waals surface area contributed by atoms with Crippen molar-refractivity contribution in [2.24, 2.45) is 0 Å². The summed E-state index contributed by atoms with van der Waals surface area (Å²) in [5, 5.41) is 4.54. The Kier molecular flexibility index (Phi) is 6.16. The molecule has 2 rings (SSSR count). The van der Waals surface area contributed by atoms with Gasteiger partial charge in [0.1, 0.15) is 17.3 Å². The highest BCUT2D eigenvalue weighted by molar-refractivity contribution is 7.92. The van der Waals surface area contributed by atoms with Crippen LogP contribution < -0.4 is 14.8 Å². The van der Waals surface area contributed by atoms with Crippen LogP contribution in [0, 0.1) is 0 Å². The normalized spacial score (nSPS) is 11.0. The minimum absolute atomic E-state index is 0.245. The molecule has 134 valence electrons. The number of sulfone groups is 1. The fourth-order valence-electron chi connectivity index (χ4n) is 2.06. The number of thiazole rings is 1. The van der Waals surface area contributed by atoms with Gasteiger partial charge in [-0.15, -0.1) is 17.9 Å². The Morgan fingerprint density at radius 1 is 1.36 bits per heavy atom. The van der Waals surface area contributed by atoms with Crippen molar-refractivity contribution in [1.82, 2.24) is 4.98 Å². The summed E-state index contributed by atoms with van der Waals surface area (Å²) >= 11 is 1.19.